The van der Waals surface area contributed by atoms with Crippen molar-refractivity contribution in [3.05, 3.63) is 82.3 Å². The number of nitrogens with one attached hydrogen (secondary N) is 1. The molecule has 0 saturated heterocycles. The number of carbonyl (C=O) groups is 1. The Balaban J connectivity index is 1.68. The molecule has 2 aromatic carbocycles. The van der Waals surface area contributed by atoms with E-state index in [1.165, 1.54) is 16.3 Å². The van der Waals surface area contributed by atoms with Gasteiger partial charge in [-0.1, -0.05) is 47.6 Å². The van der Waals surface area contributed by atoms with Gasteiger partial charge in [-0.05, 0) is 24.3 Å². The maximum Gasteiger partial charge on any atom is 0.262 e. The molecule has 0 amide bonds. The SMILES string of the molecule is C=CCn1c(SCC(=O)c2c[nH]c3ccccc23)nc2cc(Cl)ccc2c1=O. The van der Waals surface area contributed by atoms with Gasteiger partial charge >= 0.3 is 0 Å². The monoisotopic (exact) mass is 409 g/mol. The Bertz CT molecular complexity index is 1280. The van der Waals surface area contributed by atoms with E-state index in [0.29, 0.717) is 33.2 Å². The van der Waals surface area contributed by atoms with Crippen LogP contribution in [0.4, 0.5) is 0 Å². The first kappa shape index (κ1) is 18.5. The van der Waals surface area contributed by atoms with Crippen molar-refractivity contribution >= 4 is 51.0 Å². The van der Waals surface area contributed by atoms with E-state index in [1.54, 1.807) is 30.5 Å². The van der Waals surface area contributed by atoms with Gasteiger partial charge in [-0.3, -0.25) is 14.2 Å². The number of halogens is 1. The van der Waals surface area contributed by atoms with Crippen LogP contribution in [0.2, 0.25) is 5.02 Å². The zero-order valence-electron chi connectivity index (χ0n) is 14.8. The van der Waals surface area contributed by atoms with Gasteiger partial charge < -0.3 is 4.98 Å². The smallest absolute Gasteiger partial charge is 0.262 e. The lowest BCUT2D eigenvalue weighted by atomic mass is 10.1. The number of ketones is 1. The van der Waals surface area contributed by atoms with Crippen LogP contribution >= 0.6 is 23.4 Å². The summed E-state index contributed by atoms with van der Waals surface area (Å²) in [5.41, 5.74) is 1.88. The molecular formula is C21H16ClN3O2S. The van der Waals surface area contributed by atoms with Gasteiger partial charge in [0.15, 0.2) is 10.9 Å². The fourth-order valence-corrected chi connectivity index (χ4v) is 4.14. The van der Waals surface area contributed by atoms with Crippen molar-refractivity contribution in [1.82, 2.24) is 14.5 Å². The number of para-hydroxylation sites is 1. The zero-order valence-corrected chi connectivity index (χ0v) is 16.4. The molecule has 0 aliphatic heterocycles. The molecule has 7 heteroatoms. The average molecular weight is 410 g/mol. The number of carbonyl (C=O) groups excluding carboxylic acids is 1. The lowest BCUT2D eigenvalue weighted by molar-refractivity contribution is 0.102. The molecule has 4 rings (SSSR count). The van der Waals surface area contributed by atoms with Crippen LogP contribution in [-0.4, -0.2) is 26.1 Å². The van der Waals surface area contributed by atoms with Crippen molar-refractivity contribution in [2.24, 2.45) is 0 Å². The summed E-state index contributed by atoms with van der Waals surface area (Å²) in [4.78, 5) is 33.3. The van der Waals surface area contributed by atoms with Crippen LogP contribution in [0.15, 0.2) is 71.3 Å². The molecule has 0 spiro atoms. The van der Waals surface area contributed by atoms with E-state index >= 15 is 0 Å². The predicted octanol–water partition coefficient (Wildman–Crippen LogP) is 4.69. The van der Waals surface area contributed by atoms with Crippen LogP contribution in [0.1, 0.15) is 10.4 Å². The number of aromatic nitrogens is 3. The number of Topliss-reactive ketones (excluding diaryl/α,β-unsaturated/α-hetero) is 1. The second-order valence-corrected chi connectivity index (χ2v) is 7.60. The molecule has 0 aliphatic carbocycles. The first-order valence-electron chi connectivity index (χ1n) is 8.61. The number of fused-ring (bicyclic) bond motifs is 2. The Morgan fingerprint density at radius 3 is 2.89 bits per heavy atom. The minimum Gasteiger partial charge on any atom is -0.360 e. The third-order valence-electron chi connectivity index (χ3n) is 4.42. The van der Waals surface area contributed by atoms with E-state index < -0.39 is 0 Å². The molecular weight excluding hydrogens is 394 g/mol. The number of aromatic amines is 1. The number of benzene rings is 2. The molecule has 0 saturated carbocycles. The highest BCUT2D eigenvalue weighted by Crippen LogP contribution is 2.24. The summed E-state index contributed by atoms with van der Waals surface area (Å²) in [5, 5.41) is 2.34. The van der Waals surface area contributed by atoms with Crippen LogP contribution in [-0.2, 0) is 6.54 Å². The van der Waals surface area contributed by atoms with Gasteiger partial charge in [-0.15, -0.1) is 6.58 Å². The van der Waals surface area contributed by atoms with Gasteiger partial charge in [0.25, 0.3) is 5.56 Å². The van der Waals surface area contributed by atoms with Crippen molar-refractivity contribution in [2.45, 2.75) is 11.7 Å². The summed E-state index contributed by atoms with van der Waals surface area (Å²) in [6, 6.07) is 12.6. The van der Waals surface area contributed by atoms with E-state index in [9.17, 15) is 9.59 Å². The highest BCUT2D eigenvalue weighted by atomic mass is 35.5. The largest absolute Gasteiger partial charge is 0.360 e. The van der Waals surface area contributed by atoms with Crippen LogP contribution in [0.25, 0.3) is 21.8 Å². The molecule has 0 unspecified atom stereocenters. The van der Waals surface area contributed by atoms with E-state index in [2.05, 4.69) is 16.5 Å². The molecule has 2 aromatic heterocycles. The third kappa shape index (κ3) is 3.37. The first-order valence-corrected chi connectivity index (χ1v) is 9.98. The van der Waals surface area contributed by atoms with E-state index in [-0.39, 0.29) is 17.1 Å². The summed E-state index contributed by atoms with van der Waals surface area (Å²) in [6.45, 7) is 4.03. The molecule has 0 fully saturated rings. The van der Waals surface area contributed by atoms with Gasteiger partial charge in [0.2, 0.25) is 0 Å². The molecule has 28 heavy (non-hydrogen) atoms. The molecule has 1 N–H and O–H groups in total. The summed E-state index contributed by atoms with van der Waals surface area (Å²) in [7, 11) is 0. The summed E-state index contributed by atoms with van der Waals surface area (Å²) >= 11 is 7.28. The van der Waals surface area contributed by atoms with E-state index in [0.717, 1.165) is 10.9 Å². The standard InChI is InChI=1S/C21H16ClN3O2S/c1-2-9-25-20(27)15-8-7-13(22)10-18(15)24-21(25)28-12-19(26)16-11-23-17-6-4-3-5-14(16)17/h2-8,10-11,23H,1,9,12H2. The van der Waals surface area contributed by atoms with Crippen molar-refractivity contribution in [2.75, 3.05) is 5.75 Å². The number of rotatable bonds is 6. The number of H-pyrrole nitrogens is 1. The van der Waals surface area contributed by atoms with Crippen molar-refractivity contribution in [3.8, 4) is 0 Å². The van der Waals surface area contributed by atoms with Gasteiger partial charge in [-0.25, -0.2) is 4.98 Å². The molecule has 0 atom stereocenters. The Labute approximate surface area is 170 Å². The number of thioether (sulfide) groups is 1. The van der Waals surface area contributed by atoms with Gasteiger partial charge in [0, 0.05) is 34.2 Å². The Hall–Kier alpha value is -2.83. The maximum absolute atomic E-state index is 12.8. The summed E-state index contributed by atoms with van der Waals surface area (Å²) in [5.74, 6) is 0.130. The summed E-state index contributed by atoms with van der Waals surface area (Å²) < 4.78 is 1.52. The molecule has 0 radical (unpaired) electrons. The zero-order chi connectivity index (χ0) is 19.7. The van der Waals surface area contributed by atoms with Crippen molar-refractivity contribution in [3.63, 3.8) is 0 Å². The van der Waals surface area contributed by atoms with Crippen LogP contribution in [0.3, 0.4) is 0 Å². The number of nitrogens with zero attached hydrogens (tertiary/aromatic N) is 2. The Morgan fingerprint density at radius 1 is 1.25 bits per heavy atom. The van der Waals surface area contributed by atoms with Crippen LogP contribution in [0, 0.1) is 0 Å². The highest BCUT2D eigenvalue weighted by Gasteiger charge is 2.16. The normalized spacial score (nSPS) is 11.2. The van der Waals surface area contributed by atoms with E-state index in [4.69, 9.17) is 11.6 Å². The maximum atomic E-state index is 12.8. The minimum atomic E-state index is -0.177. The Morgan fingerprint density at radius 2 is 2.07 bits per heavy atom. The van der Waals surface area contributed by atoms with Crippen molar-refractivity contribution < 1.29 is 4.79 Å². The van der Waals surface area contributed by atoms with Crippen LogP contribution in [0.5, 0.6) is 0 Å². The number of hydrogen-bond acceptors (Lipinski definition) is 4. The highest BCUT2D eigenvalue weighted by molar-refractivity contribution is 7.99. The van der Waals surface area contributed by atoms with E-state index in [1.807, 2.05) is 24.3 Å². The summed E-state index contributed by atoms with van der Waals surface area (Å²) in [6.07, 6.45) is 3.36. The second-order valence-electron chi connectivity index (χ2n) is 6.22. The number of hydrogen-bond donors (Lipinski definition) is 1. The molecule has 0 aliphatic rings. The quantitative estimate of drug-likeness (QED) is 0.217. The van der Waals surface area contributed by atoms with Gasteiger partial charge in [-0.2, -0.15) is 0 Å². The Kier molecular flexibility index (Phi) is 5.07. The fraction of sp³-hybridized carbons (Fsp3) is 0.0952. The van der Waals surface area contributed by atoms with Crippen LogP contribution < -0.4 is 5.56 Å². The molecule has 140 valence electrons. The first-order chi connectivity index (χ1) is 13.6. The predicted molar refractivity (Wildman–Crippen MR) is 115 cm³/mol. The average Bonchev–Trinajstić information content (AvgIpc) is 3.12. The minimum absolute atomic E-state index is 0.0342. The van der Waals surface area contributed by atoms with Gasteiger partial charge in [0.05, 0.1) is 16.7 Å². The lowest BCUT2D eigenvalue weighted by Crippen LogP contribution is -2.23. The molecule has 4 aromatic rings. The molecule has 5 nitrogen and oxygen atoms in total. The lowest BCUT2D eigenvalue weighted by Gasteiger charge is -2.11. The second kappa shape index (κ2) is 7.66. The topological polar surface area (TPSA) is 67.8 Å². The van der Waals surface area contributed by atoms with Crippen molar-refractivity contribution in [1.29, 1.82) is 0 Å². The third-order valence-corrected chi connectivity index (χ3v) is 5.63. The molecule has 0 bridgehead atoms. The molecule has 2 heterocycles. The van der Waals surface area contributed by atoms with Gasteiger partial charge in [0.1, 0.15) is 0 Å². The fourth-order valence-electron chi connectivity index (χ4n) is 3.08. The number of allylic oxidation sites excluding steroid dienone is 1.